The van der Waals surface area contributed by atoms with Crippen molar-refractivity contribution in [2.24, 2.45) is 0 Å². The van der Waals surface area contributed by atoms with Gasteiger partial charge in [0.25, 0.3) is 0 Å². The van der Waals surface area contributed by atoms with Crippen molar-refractivity contribution in [3.05, 3.63) is 0 Å². The van der Waals surface area contributed by atoms with Gasteiger partial charge in [0.15, 0.2) is 0 Å². The van der Waals surface area contributed by atoms with Crippen LogP contribution < -0.4 is 0 Å². The molecule has 1 heterocycles. The second kappa shape index (κ2) is 2.78. The smallest absolute Gasteiger partial charge is 0.211 e. The largest absolute Gasteiger partial charge is 0.347 e. The van der Waals surface area contributed by atoms with Crippen LogP contribution in [0.25, 0.3) is 0 Å². The zero-order chi connectivity index (χ0) is 5.98. The van der Waals surface area contributed by atoms with Gasteiger partial charge in [0, 0.05) is 0 Å². The summed E-state index contributed by atoms with van der Waals surface area (Å²) in [6.45, 7) is 0.573. The van der Waals surface area contributed by atoms with E-state index in [1.165, 1.54) is 0 Å². The summed E-state index contributed by atoms with van der Waals surface area (Å²) in [5.41, 5.74) is 0. The molecular formula is C5H8BrFO. The first-order valence-electron chi connectivity index (χ1n) is 2.70. The summed E-state index contributed by atoms with van der Waals surface area (Å²) in [4.78, 5) is -0.0729. The molecule has 1 aliphatic heterocycles. The van der Waals surface area contributed by atoms with E-state index in [-0.39, 0.29) is 4.83 Å². The monoisotopic (exact) mass is 182 g/mol. The summed E-state index contributed by atoms with van der Waals surface area (Å²) in [6.07, 6.45) is 0.779. The van der Waals surface area contributed by atoms with Gasteiger partial charge in [0.2, 0.25) is 6.36 Å². The lowest BCUT2D eigenvalue weighted by molar-refractivity contribution is -0.0612. The zero-order valence-corrected chi connectivity index (χ0v) is 6.03. The Morgan fingerprint density at radius 1 is 1.62 bits per heavy atom. The fourth-order valence-electron chi connectivity index (χ4n) is 0.710. The zero-order valence-electron chi connectivity index (χ0n) is 4.44. The van der Waals surface area contributed by atoms with Crippen LogP contribution >= 0.6 is 15.9 Å². The SMILES string of the molecule is F[C@@H]1OCCC[C@H]1Br. The van der Waals surface area contributed by atoms with E-state index in [0.717, 1.165) is 12.8 Å². The quantitative estimate of drug-likeness (QED) is 0.520. The van der Waals surface area contributed by atoms with E-state index >= 15 is 0 Å². The predicted molar refractivity (Wildman–Crippen MR) is 32.8 cm³/mol. The topological polar surface area (TPSA) is 9.23 Å². The van der Waals surface area contributed by atoms with Crippen LogP contribution in [0.1, 0.15) is 12.8 Å². The van der Waals surface area contributed by atoms with Crippen molar-refractivity contribution in [2.75, 3.05) is 6.61 Å². The lowest BCUT2D eigenvalue weighted by Crippen LogP contribution is -2.25. The van der Waals surface area contributed by atoms with Crippen molar-refractivity contribution < 1.29 is 9.13 Å². The van der Waals surface area contributed by atoms with Crippen LogP contribution in [0.4, 0.5) is 4.39 Å². The Balaban J connectivity index is 2.28. The molecule has 0 bridgehead atoms. The number of alkyl halides is 2. The minimum atomic E-state index is -1.08. The minimum Gasteiger partial charge on any atom is -0.347 e. The molecule has 1 fully saturated rings. The van der Waals surface area contributed by atoms with E-state index in [1.54, 1.807) is 0 Å². The average Bonchev–Trinajstić information content (AvgIpc) is 1.77. The standard InChI is InChI=1S/C5H8BrFO/c6-4-2-1-3-8-5(4)7/h4-5H,1-3H2/t4-,5-/m1/s1. The highest BCUT2D eigenvalue weighted by Gasteiger charge is 2.21. The Bertz CT molecular complexity index is 68.8. The van der Waals surface area contributed by atoms with Crippen LogP contribution in [-0.2, 0) is 4.74 Å². The molecule has 0 aromatic heterocycles. The third kappa shape index (κ3) is 1.42. The molecule has 0 aromatic rings. The molecule has 0 unspecified atom stereocenters. The number of halogens is 2. The lowest BCUT2D eigenvalue weighted by atomic mass is 10.2. The molecule has 1 saturated heterocycles. The van der Waals surface area contributed by atoms with E-state index in [1.807, 2.05) is 0 Å². The van der Waals surface area contributed by atoms with Gasteiger partial charge in [-0.05, 0) is 12.8 Å². The fourth-order valence-corrected chi connectivity index (χ4v) is 1.19. The van der Waals surface area contributed by atoms with E-state index in [4.69, 9.17) is 0 Å². The van der Waals surface area contributed by atoms with Crippen molar-refractivity contribution in [2.45, 2.75) is 24.0 Å². The number of hydrogen-bond acceptors (Lipinski definition) is 1. The van der Waals surface area contributed by atoms with Crippen LogP contribution in [0.3, 0.4) is 0 Å². The Hall–Kier alpha value is 0.370. The van der Waals surface area contributed by atoms with Crippen molar-refractivity contribution in [1.29, 1.82) is 0 Å². The molecule has 0 N–H and O–H groups in total. The lowest BCUT2D eigenvalue weighted by Gasteiger charge is -2.20. The highest BCUT2D eigenvalue weighted by molar-refractivity contribution is 9.09. The number of ether oxygens (including phenoxy) is 1. The third-order valence-electron chi connectivity index (χ3n) is 1.19. The van der Waals surface area contributed by atoms with Gasteiger partial charge in [-0.3, -0.25) is 0 Å². The summed E-state index contributed by atoms with van der Waals surface area (Å²) in [5, 5.41) is 0. The molecule has 1 aliphatic rings. The van der Waals surface area contributed by atoms with Crippen LogP contribution in [0.15, 0.2) is 0 Å². The second-order valence-corrected chi connectivity index (χ2v) is 3.06. The predicted octanol–water partition coefficient (Wildman–Crippen LogP) is 1.86. The van der Waals surface area contributed by atoms with Crippen molar-refractivity contribution in [1.82, 2.24) is 0 Å². The Morgan fingerprint density at radius 3 is 2.75 bits per heavy atom. The molecular weight excluding hydrogens is 175 g/mol. The first kappa shape index (κ1) is 6.49. The van der Waals surface area contributed by atoms with Crippen LogP contribution in [-0.4, -0.2) is 17.8 Å². The first-order chi connectivity index (χ1) is 3.80. The molecule has 0 amide bonds. The highest BCUT2D eigenvalue weighted by Crippen LogP contribution is 2.21. The van der Waals surface area contributed by atoms with Crippen LogP contribution in [0, 0.1) is 0 Å². The molecule has 8 heavy (non-hydrogen) atoms. The van der Waals surface area contributed by atoms with Crippen molar-refractivity contribution in [3.8, 4) is 0 Å². The normalized spacial score (nSPS) is 39.8. The first-order valence-corrected chi connectivity index (χ1v) is 3.62. The highest BCUT2D eigenvalue weighted by atomic mass is 79.9. The fraction of sp³-hybridized carbons (Fsp3) is 1.00. The second-order valence-electron chi connectivity index (χ2n) is 1.88. The molecule has 48 valence electrons. The summed E-state index contributed by atoms with van der Waals surface area (Å²) >= 11 is 3.15. The van der Waals surface area contributed by atoms with Gasteiger partial charge in [-0.2, -0.15) is 0 Å². The molecule has 1 nitrogen and oxygen atoms in total. The van der Waals surface area contributed by atoms with Gasteiger partial charge >= 0.3 is 0 Å². The van der Waals surface area contributed by atoms with Gasteiger partial charge < -0.3 is 4.74 Å². The molecule has 0 aromatic carbocycles. The average molecular weight is 183 g/mol. The van der Waals surface area contributed by atoms with E-state index < -0.39 is 6.36 Å². The minimum absolute atomic E-state index is 0.0729. The maximum atomic E-state index is 12.3. The maximum absolute atomic E-state index is 12.3. The van der Waals surface area contributed by atoms with Crippen molar-refractivity contribution >= 4 is 15.9 Å². The molecule has 0 spiro atoms. The molecule has 2 atom stereocenters. The molecule has 3 heteroatoms. The Kier molecular flexibility index (Phi) is 2.26. The Morgan fingerprint density at radius 2 is 2.38 bits per heavy atom. The third-order valence-corrected chi connectivity index (χ3v) is 2.06. The van der Waals surface area contributed by atoms with Gasteiger partial charge in [-0.15, -0.1) is 0 Å². The summed E-state index contributed by atoms with van der Waals surface area (Å²) < 4.78 is 17.0. The van der Waals surface area contributed by atoms with Gasteiger partial charge in [0.1, 0.15) is 0 Å². The van der Waals surface area contributed by atoms with Crippen LogP contribution in [0.2, 0.25) is 0 Å². The van der Waals surface area contributed by atoms with E-state index in [9.17, 15) is 4.39 Å². The number of rotatable bonds is 0. The number of hydrogen-bond donors (Lipinski definition) is 0. The summed E-state index contributed by atoms with van der Waals surface area (Å²) in [5.74, 6) is 0. The van der Waals surface area contributed by atoms with Crippen LogP contribution in [0.5, 0.6) is 0 Å². The van der Waals surface area contributed by atoms with E-state index in [2.05, 4.69) is 20.7 Å². The summed E-state index contributed by atoms with van der Waals surface area (Å²) in [7, 11) is 0. The summed E-state index contributed by atoms with van der Waals surface area (Å²) in [6, 6.07) is 0. The molecule has 1 rings (SSSR count). The molecule has 0 radical (unpaired) electrons. The van der Waals surface area contributed by atoms with Gasteiger partial charge in [-0.25, -0.2) is 4.39 Å². The van der Waals surface area contributed by atoms with Gasteiger partial charge in [0.05, 0.1) is 11.4 Å². The maximum Gasteiger partial charge on any atom is 0.211 e. The molecule has 0 saturated carbocycles. The van der Waals surface area contributed by atoms with Gasteiger partial charge in [-0.1, -0.05) is 15.9 Å². The van der Waals surface area contributed by atoms with E-state index in [0.29, 0.717) is 6.61 Å². The van der Waals surface area contributed by atoms with Crippen molar-refractivity contribution in [3.63, 3.8) is 0 Å². The molecule has 0 aliphatic carbocycles. The Labute approximate surface area is 56.3 Å².